The summed E-state index contributed by atoms with van der Waals surface area (Å²) in [7, 11) is 0. The van der Waals surface area contributed by atoms with E-state index in [9.17, 15) is 14.7 Å². The summed E-state index contributed by atoms with van der Waals surface area (Å²) < 4.78 is 6.21. The molecule has 6 nitrogen and oxygen atoms in total. The maximum atomic E-state index is 12.7. The largest absolute Gasteiger partial charge is 0.511 e. The summed E-state index contributed by atoms with van der Waals surface area (Å²) in [6.07, 6.45) is 0.260. The molecule has 0 spiro atoms. The van der Waals surface area contributed by atoms with Crippen LogP contribution in [0.4, 0.5) is 4.79 Å². The molecule has 3 rings (SSSR count). The Morgan fingerprint density at radius 1 is 1.22 bits per heavy atom. The maximum absolute atomic E-state index is 12.7. The van der Waals surface area contributed by atoms with Crippen molar-refractivity contribution in [2.24, 2.45) is 0 Å². The number of hydrogen-bond acceptors (Lipinski definition) is 4. The predicted molar refractivity (Wildman–Crippen MR) is 103 cm³/mol. The molecule has 7 heteroatoms. The summed E-state index contributed by atoms with van der Waals surface area (Å²) >= 11 is 6.27. The molecule has 0 radical (unpaired) electrons. The van der Waals surface area contributed by atoms with Gasteiger partial charge in [0.15, 0.2) is 5.75 Å². The average molecular weight is 388 g/mol. The lowest BCUT2D eigenvalue weighted by Crippen LogP contribution is -2.17. The molecular formula is C20H18ClNO5. The minimum absolute atomic E-state index is 0.162. The zero-order valence-corrected chi connectivity index (χ0v) is 15.4. The number of aromatic nitrogens is 1. The molecule has 0 fully saturated rings. The Bertz CT molecular complexity index is 1070. The van der Waals surface area contributed by atoms with Gasteiger partial charge >= 0.3 is 6.16 Å². The van der Waals surface area contributed by atoms with Crippen LogP contribution in [0.15, 0.2) is 47.4 Å². The molecule has 1 aromatic heterocycles. The first-order valence-corrected chi connectivity index (χ1v) is 8.69. The van der Waals surface area contributed by atoms with E-state index in [0.29, 0.717) is 22.3 Å². The molecular weight excluding hydrogens is 370 g/mol. The molecule has 0 saturated carbocycles. The highest BCUT2D eigenvalue weighted by Crippen LogP contribution is 2.23. The first kappa shape index (κ1) is 18.9. The molecule has 3 aromatic rings. The van der Waals surface area contributed by atoms with Crippen molar-refractivity contribution in [2.75, 3.05) is 6.61 Å². The lowest BCUT2D eigenvalue weighted by molar-refractivity contribution is 0.143. The molecule has 2 aromatic carbocycles. The lowest BCUT2D eigenvalue weighted by Gasteiger charge is -2.13. The van der Waals surface area contributed by atoms with E-state index in [-0.39, 0.29) is 18.9 Å². The van der Waals surface area contributed by atoms with Gasteiger partial charge in [-0.25, -0.2) is 4.79 Å². The van der Waals surface area contributed by atoms with Gasteiger partial charge in [-0.3, -0.25) is 4.79 Å². The van der Waals surface area contributed by atoms with E-state index in [1.54, 1.807) is 16.7 Å². The fourth-order valence-electron chi connectivity index (χ4n) is 3.05. The number of pyridine rings is 1. The molecule has 1 heterocycles. The first-order chi connectivity index (χ1) is 12.9. The Morgan fingerprint density at radius 3 is 2.70 bits per heavy atom. The molecule has 0 aliphatic heterocycles. The highest BCUT2D eigenvalue weighted by atomic mass is 35.5. The van der Waals surface area contributed by atoms with Gasteiger partial charge in [-0.15, -0.1) is 0 Å². The molecule has 0 atom stereocenters. The van der Waals surface area contributed by atoms with E-state index < -0.39 is 11.6 Å². The second-order valence-electron chi connectivity index (χ2n) is 6.23. The number of nitrogens with zero attached hydrogens (tertiary/aromatic N) is 1. The summed E-state index contributed by atoms with van der Waals surface area (Å²) in [5.41, 5.74) is 2.95. The van der Waals surface area contributed by atoms with E-state index in [4.69, 9.17) is 16.7 Å². The van der Waals surface area contributed by atoms with E-state index in [0.717, 1.165) is 16.7 Å². The Morgan fingerprint density at radius 2 is 2.00 bits per heavy atom. The molecule has 140 valence electrons. The molecule has 0 amide bonds. The summed E-state index contributed by atoms with van der Waals surface area (Å²) in [5, 5.41) is 19.1. The number of rotatable bonds is 5. The number of fused-ring (bicyclic) bond motifs is 1. The second-order valence-corrected chi connectivity index (χ2v) is 6.64. The van der Waals surface area contributed by atoms with Crippen molar-refractivity contribution in [2.45, 2.75) is 19.9 Å². The quantitative estimate of drug-likeness (QED) is 0.653. The van der Waals surface area contributed by atoms with E-state index >= 15 is 0 Å². The minimum Gasteiger partial charge on any atom is -0.449 e. The van der Waals surface area contributed by atoms with Gasteiger partial charge in [-0.1, -0.05) is 35.4 Å². The maximum Gasteiger partial charge on any atom is 0.511 e. The Labute approximate surface area is 160 Å². The van der Waals surface area contributed by atoms with Gasteiger partial charge in [0.25, 0.3) is 0 Å². The van der Waals surface area contributed by atoms with Gasteiger partial charge in [0.05, 0.1) is 18.3 Å². The number of carbonyl (C=O) groups is 1. The van der Waals surface area contributed by atoms with E-state index in [2.05, 4.69) is 4.74 Å². The number of benzene rings is 2. The third kappa shape index (κ3) is 4.13. The van der Waals surface area contributed by atoms with Crippen LogP contribution >= 0.6 is 11.6 Å². The van der Waals surface area contributed by atoms with Gasteiger partial charge in [0.2, 0.25) is 5.43 Å². The molecule has 27 heavy (non-hydrogen) atoms. The van der Waals surface area contributed by atoms with E-state index in [1.807, 2.05) is 31.2 Å². The zero-order valence-electron chi connectivity index (χ0n) is 14.6. The van der Waals surface area contributed by atoms with Crippen LogP contribution in [-0.2, 0) is 13.0 Å². The highest BCUT2D eigenvalue weighted by Gasteiger charge is 2.14. The predicted octanol–water partition coefficient (Wildman–Crippen LogP) is 3.60. The number of aryl methyl sites for hydroxylation is 1. The topological polar surface area (TPSA) is 88.8 Å². The summed E-state index contributed by atoms with van der Waals surface area (Å²) in [6.45, 7) is 2.02. The normalized spacial score (nSPS) is 10.9. The number of carboxylic acid groups (broad SMARTS) is 1. The third-order valence-corrected chi connectivity index (χ3v) is 4.61. The Kier molecular flexibility index (Phi) is 5.48. The second kappa shape index (κ2) is 7.82. The summed E-state index contributed by atoms with van der Waals surface area (Å²) in [4.78, 5) is 23.5. The van der Waals surface area contributed by atoms with Crippen LogP contribution in [0, 0.1) is 6.92 Å². The van der Waals surface area contributed by atoms with Gasteiger partial charge < -0.3 is 19.5 Å². The average Bonchev–Trinajstić information content (AvgIpc) is 2.62. The van der Waals surface area contributed by atoms with Crippen molar-refractivity contribution in [1.82, 2.24) is 4.57 Å². The number of ether oxygens (including phenoxy) is 1. The van der Waals surface area contributed by atoms with E-state index in [1.165, 1.54) is 6.20 Å². The van der Waals surface area contributed by atoms with Crippen LogP contribution in [0.25, 0.3) is 10.9 Å². The van der Waals surface area contributed by atoms with Gasteiger partial charge in [-0.2, -0.15) is 0 Å². The van der Waals surface area contributed by atoms with Crippen LogP contribution in [-0.4, -0.2) is 27.5 Å². The lowest BCUT2D eigenvalue weighted by atomic mass is 10.0. The molecule has 0 bridgehead atoms. The van der Waals surface area contributed by atoms with Crippen molar-refractivity contribution in [3.8, 4) is 5.75 Å². The van der Waals surface area contributed by atoms with Gasteiger partial charge in [0, 0.05) is 17.0 Å². The number of aliphatic hydroxyl groups excluding tert-OH is 1. The van der Waals surface area contributed by atoms with Crippen molar-refractivity contribution < 1.29 is 19.7 Å². The number of halogens is 1. The summed E-state index contributed by atoms with van der Waals surface area (Å²) in [5.74, 6) is -0.297. The van der Waals surface area contributed by atoms with Crippen molar-refractivity contribution in [3.05, 3.63) is 74.5 Å². The van der Waals surface area contributed by atoms with Crippen LogP contribution in [0.1, 0.15) is 16.7 Å². The standard InChI is InChI=1S/C20H18ClNO5/c1-12-2-4-16(21)14(8-12)9-13-3-5-17-15(10-13)19(24)18(27-20(25)26)11-22(17)6-7-23/h2-5,8,10-11,23H,6-7,9H2,1H3,(H,25,26). The smallest absolute Gasteiger partial charge is 0.449 e. The molecule has 0 saturated heterocycles. The third-order valence-electron chi connectivity index (χ3n) is 4.25. The van der Waals surface area contributed by atoms with Crippen molar-refractivity contribution >= 4 is 28.7 Å². The van der Waals surface area contributed by atoms with Crippen molar-refractivity contribution in [1.29, 1.82) is 0 Å². The van der Waals surface area contributed by atoms with Gasteiger partial charge in [0.1, 0.15) is 0 Å². The van der Waals surface area contributed by atoms with Crippen LogP contribution in [0.2, 0.25) is 5.02 Å². The minimum atomic E-state index is -1.57. The fraction of sp³-hybridized carbons (Fsp3) is 0.200. The molecule has 0 aliphatic rings. The van der Waals surface area contributed by atoms with Crippen molar-refractivity contribution in [3.63, 3.8) is 0 Å². The molecule has 0 unspecified atom stereocenters. The van der Waals surface area contributed by atoms with Gasteiger partial charge in [-0.05, 0) is 42.7 Å². The fourth-order valence-corrected chi connectivity index (χ4v) is 3.23. The van der Waals surface area contributed by atoms with Crippen LogP contribution in [0.5, 0.6) is 5.75 Å². The molecule has 2 N–H and O–H groups in total. The first-order valence-electron chi connectivity index (χ1n) is 8.32. The Hall–Kier alpha value is -2.83. The van der Waals surface area contributed by atoms with Crippen LogP contribution < -0.4 is 10.2 Å². The summed E-state index contributed by atoms with van der Waals surface area (Å²) in [6, 6.07) is 11.1. The number of hydrogen-bond donors (Lipinski definition) is 2. The highest BCUT2D eigenvalue weighted by molar-refractivity contribution is 6.31. The molecule has 0 aliphatic carbocycles. The monoisotopic (exact) mass is 387 g/mol. The van der Waals surface area contributed by atoms with Crippen LogP contribution in [0.3, 0.4) is 0 Å². The Balaban J connectivity index is 2.12. The SMILES string of the molecule is Cc1ccc(Cl)c(Cc2ccc3c(c2)c(=O)c(OC(=O)O)cn3CCO)c1. The number of aliphatic hydroxyl groups is 1. The zero-order chi connectivity index (χ0) is 19.6.